The van der Waals surface area contributed by atoms with Crippen LogP contribution in [0.4, 0.5) is 0 Å². The molecular formula is C22H22N2O3S. The molecule has 1 aliphatic heterocycles. The van der Waals surface area contributed by atoms with Crippen molar-refractivity contribution in [1.29, 1.82) is 0 Å². The van der Waals surface area contributed by atoms with Crippen LogP contribution in [-0.4, -0.2) is 42.6 Å². The van der Waals surface area contributed by atoms with E-state index in [1.54, 1.807) is 18.4 Å². The molecule has 0 spiro atoms. The van der Waals surface area contributed by atoms with Crippen molar-refractivity contribution in [3.63, 3.8) is 0 Å². The quantitative estimate of drug-likeness (QED) is 0.657. The zero-order valence-electron chi connectivity index (χ0n) is 15.7. The van der Waals surface area contributed by atoms with E-state index in [0.29, 0.717) is 26.1 Å². The zero-order valence-corrected chi connectivity index (χ0v) is 16.5. The van der Waals surface area contributed by atoms with Crippen molar-refractivity contribution >= 4 is 17.2 Å². The summed E-state index contributed by atoms with van der Waals surface area (Å²) in [7, 11) is 1.65. The molecule has 2 aromatic carbocycles. The highest BCUT2D eigenvalue weighted by Crippen LogP contribution is 2.27. The van der Waals surface area contributed by atoms with Gasteiger partial charge in [0.15, 0.2) is 0 Å². The molecule has 0 bridgehead atoms. The van der Waals surface area contributed by atoms with Crippen molar-refractivity contribution in [1.82, 2.24) is 9.88 Å². The maximum atomic E-state index is 12.8. The van der Waals surface area contributed by atoms with E-state index in [1.807, 2.05) is 64.9 Å². The van der Waals surface area contributed by atoms with Gasteiger partial charge in [-0.3, -0.25) is 4.79 Å². The van der Waals surface area contributed by atoms with Crippen molar-refractivity contribution in [2.45, 2.75) is 12.5 Å². The number of amides is 1. The summed E-state index contributed by atoms with van der Waals surface area (Å²) in [5, 5.41) is 2.85. The first-order valence-corrected chi connectivity index (χ1v) is 10.1. The topological polar surface area (TPSA) is 51.7 Å². The number of morpholine rings is 1. The van der Waals surface area contributed by atoms with E-state index >= 15 is 0 Å². The Morgan fingerprint density at radius 1 is 1.25 bits per heavy atom. The summed E-state index contributed by atoms with van der Waals surface area (Å²) >= 11 is 1.55. The fraction of sp³-hybridized carbons (Fsp3) is 0.273. The summed E-state index contributed by atoms with van der Waals surface area (Å²) in [4.78, 5) is 19.3. The van der Waals surface area contributed by atoms with E-state index in [9.17, 15) is 4.79 Å². The molecule has 4 rings (SSSR count). The second kappa shape index (κ2) is 8.54. The van der Waals surface area contributed by atoms with Gasteiger partial charge in [0.05, 0.1) is 32.4 Å². The molecule has 2 heterocycles. The predicted molar refractivity (Wildman–Crippen MR) is 110 cm³/mol. The molecule has 0 unspecified atom stereocenters. The number of ether oxygens (including phenoxy) is 2. The normalized spacial score (nSPS) is 16.8. The Hall–Kier alpha value is -2.70. The Kier molecular flexibility index (Phi) is 5.69. The van der Waals surface area contributed by atoms with E-state index in [1.165, 1.54) is 0 Å². The Bertz CT molecular complexity index is 942. The number of aromatic nitrogens is 1. The minimum atomic E-state index is -0.0679. The van der Waals surface area contributed by atoms with E-state index in [2.05, 4.69) is 4.98 Å². The molecule has 1 fully saturated rings. The monoisotopic (exact) mass is 394 g/mol. The number of rotatable bonds is 5. The first-order chi connectivity index (χ1) is 13.7. The lowest BCUT2D eigenvalue weighted by Gasteiger charge is -2.33. The molecule has 28 heavy (non-hydrogen) atoms. The Morgan fingerprint density at radius 2 is 2.11 bits per heavy atom. The number of carbonyl (C=O) groups excluding carboxylic acids is 1. The van der Waals surface area contributed by atoms with Crippen LogP contribution in [0.1, 0.15) is 17.4 Å². The number of hydrogen-bond acceptors (Lipinski definition) is 5. The molecule has 6 heteroatoms. The average Bonchev–Trinajstić information content (AvgIpc) is 3.23. The van der Waals surface area contributed by atoms with Gasteiger partial charge in [-0.2, -0.15) is 0 Å². The van der Waals surface area contributed by atoms with Gasteiger partial charge in [0.2, 0.25) is 5.91 Å². The summed E-state index contributed by atoms with van der Waals surface area (Å²) in [6, 6.07) is 17.9. The van der Waals surface area contributed by atoms with Crippen LogP contribution < -0.4 is 4.74 Å². The Labute approximate surface area is 168 Å². The standard InChI is InChI=1S/C22H22N2O3S/c1-26-19-9-5-8-17(12-19)22-23-18(15-28-22)13-21(25)24-10-11-27-20(14-24)16-6-3-2-4-7-16/h2-9,12,15,20H,10-11,13-14H2,1H3/t20-/m0/s1. The molecule has 1 saturated heterocycles. The summed E-state index contributed by atoms with van der Waals surface area (Å²) in [6.45, 7) is 1.75. The molecule has 1 atom stereocenters. The van der Waals surface area contributed by atoms with Gasteiger partial charge in [0, 0.05) is 17.5 Å². The lowest BCUT2D eigenvalue weighted by atomic mass is 10.1. The summed E-state index contributed by atoms with van der Waals surface area (Å²) < 4.78 is 11.1. The van der Waals surface area contributed by atoms with Crippen LogP contribution in [0.15, 0.2) is 60.0 Å². The molecule has 1 amide bonds. The number of thiazole rings is 1. The minimum Gasteiger partial charge on any atom is -0.497 e. The van der Waals surface area contributed by atoms with Crippen LogP contribution in [-0.2, 0) is 16.0 Å². The lowest BCUT2D eigenvalue weighted by molar-refractivity contribution is -0.138. The van der Waals surface area contributed by atoms with Crippen LogP contribution in [0.2, 0.25) is 0 Å². The number of methoxy groups -OCH3 is 1. The molecule has 1 aromatic heterocycles. The molecule has 1 aliphatic rings. The van der Waals surface area contributed by atoms with Gasteiger partial charge in [-0.05, 0) is 17.7 Å². The fourth-order valence-corrected chi connectivity index (χ4v) is 4.11. The first kappa shape index (κ1) is 18.7. The van der Waals surface area contributed by atoms with Crippen LogP contribution in [0.5, 0.6) is 5.75 Å². The molecule has 5 nitrogen and oxygen atoms in total. The van der Waals surface area contributed by atoms with Gasteiger partial charge in [-0.15, -0.1) is 11.3 Å². The molecule has 0 aliphatic carbocycles. The van der Waals surface area contributed by atoms with E-state index < -0.39 is 0 Å². The highest BCUT2D eigenvalue weighted by Gasteiger charge is 2.25. The highest BCUT2D eigenvalue weighted by atomic mass is 32.1. The Balaban J connectivity index is 1.42. The van der Waals surface area contributed by atoms with Crippen LogP contribution >= 0.6 is 11.3 Å². The SMILES string of the molecule is COc1cccc(-c2nc(CC(=O)N3CCO[C@H](c4ccccc4)C3)cs2)c1. The predicted octanol–water partition coefficient (Wildman–Crippen LogP) is 3.96. The van der Waals surface area contributed by atoms with Crippen molar-refractivity contribution in [3.8, 4) is 16.3 Å². The van der Waals surface area contributed by atoms with Gasteiger partial charge in [-0.1, -0.05) is 42.5 Å². The van der Waals surface area contributed by atoms with Crippen LogP contribution in [0, 0.1) is 0 Å². The zero-order chi connectivity index (χ0) is 19.3. The summed E-state index contributed by atoms with van der Waals surface area (Å²) in [5.41, 5.74) is 2.91. The van der Waals surface area contributed by atoms with Gasteiger partial charge < -0.3 is 14.4 Å². The third-order valence-electron chi connectivity index (χ3n) is 4.79. The third-order valence-corrected chi connectivity index (χ3v) is 5.73. The average molecular weight is 394 g/mol. The van der Waals surface area contributed by atoms with Gasteiger partial charge in [0.1, 0.15) is 16.9 Å². The number of benzene rings is 2. The molecule has 144 valence electrons. The van der Waals surface area contributed by atoms with Crippen LogP contribution in [0.25, 0.3) is 10.6 Å². The molecule has 0 N–H and O–H groups in total. The summed E-state index contributed by atoms with van der Waals surface area (Å²) in [6.07, 6.45) is 0.240. The van der Waals surface area contributed by atoms with Crippen molar-refractivity contribution in [3.05, 3.63) is 71.2 Å². The van der Waals surface area contributed by atoms with Gasteiger partial charge in [-0.25, -0.2) is 4.98 Å². The molecular weight excluding hydrogens is 372 g/mol. The highest BCUT2D eigenvalue weighted by molar-refractivity contribution is 7.13. The number of carbonyl (C=O) groups is 1. The van der Waals surface area contributed by atoms with E-state index in [0.717, 1.165) is 27.6 Å². The van der Waals surface area contributed by atoms with Crippen molar-refractivity contribution in [2.24, 2.45) is 0 Å². The van der Waals surface area contributed by atoms with Gasteiger partial charge >= 0.3 is 0 Å². The molecule has 3 aromatic rings. The Morgan fingerprint density at radius 3 is 2.93 bits per heavy atom. The van der Waals surface area contributed by atoms with E-state index in [-0.39, 0.29) is 12.0 Å². The third kappa shape index (κ3) is 4.24. The number of hydrogen-bond donors (Lipinski definition) is 0. The van der Waals surface area contributed by atoms with Crippen LogP contribution in [0.3, 0.4) is 0 Å². The minimum absolute atomic E-state index is 0.0679. The molecule has 0 saturated carbocycles. The maximum absolute atomic E-state index is 12.8. The smallest absolute Gasteiger partial charge is 0.228 e. The first-order valence-electron chi connectivity index (χ1n) is 9.26. The van der Waals surface area contributed by atoms with Crippen molar-refractivity contribution in [2.75, 3.05) is 26.8 Å². The summed E-state index contributed by atoms with van der Waals surface area (Å²) in [5.74, 6) is 0.886. The second-order valence-corrected chi connectivity index (χ2v) is 7.52. The lowest BCUT2D eigenvalue weighted by Crippen LogP contribution is -2.43. The largest absolute Gasteiger partial charge is 0.497 e. The molecule has 0 radical (unpaired) electrons. The number of nitrogens with zero attached hydrogens (tertiary/aromatic N) is 2. The van der Waals surface area contributed by atoms with Crippen molar-refractivity contribution < 1.29 is 14.3 Å². The van der Waals surface area contributed by atoms with Gasteiger partial charge in [0.25, 0.3) is 0 Å². The fourth-order valence-electron chi connectivity index (χ4n) is 3.29. The maximum Gasteiger partial charge on any atom is 0.228 e. The second-order valence-electron chi connectivity index (χ2n) is 6.66. The van der Waals surface area contributed by atoms with E-state index in [4.69, 9.17) is 9.47 Å².